The van der Waals surface area contributed by atoms with Crippen molar-refractivity contribution in [2.24, 2.45) is 0 Å². The summed E-state index contributed by atoms with van der Waals surface area (Å²) in [5.41, 5.74) is -0.950. The van der Waals surface area contributed by atoms with Crippen molar-refractivity contribution in [1.82, 2.24) is 5.32 Å². The summed E-state index contributed by atoms with van der Waals surface area (Å²) >= 11 is 11.8. The minimum absolute atomic E-state index is 0.00733. The zero-order valence-corrected chi connectivity index (χ0v) is 15.7. The van der Waals surface area contributed by atoms with E-state index in [-0.39, 0.29) is 22.4 Å². The molecule has 1 aromatic carbocycles. The molecule has 0 saturated carbocycles. The van der Waals surface area contributed by atoms with Crippen LogP contribution in [-0.4, -0.2) is 41.0 Å². The van der Waals surface area contributed by atoms with E-state index in [0.29, 0.717) is 19.4 Å². The number of benzene rings is 1. The number of halogens is 2. The Hall–Kier alpha value is -1.86. The summed E-state index contributed by atoms with van der Waals surface area (Å²) in [6, 6.07) is 1.07. The first-order valence-corrected chi connectivity index (χ1v) is 8.32. The number of unbranched alkanes of at least 4 members (excludes halogenated alkanes) is 1. The molecule has 0 aliphatic rings. The summed E-state index contributed by atoms with van der Waals surface area (Å²) in [5.74, 6) is -1.92. The van der Waals surface area contributed by atoms with E-state index < -0.39 is 29.0 Å². The number of nitrogens with one attached hydrogen (secondary N) is 1. The molecule has 0 saturated heterocycles. The number of ether oxygens (including phenoxy) is 2. The van der Waals surface area contributed by atoms with Gasteiger partial charge in [-0.3, -0.25) is 0 Å². The average molecular weight is 394 g/mol. The number of carboxylic acid groups (broad SMARTS) is 1. The summed E-state index contributed by atoms with van der Waals surface area (Å²) < 4.78 is 10.5. The number of rotatable bonds is 7. The van der Waals surface area contributed by atoms with Crippen molar-refractivity contribution in [2.75, 3.05) is 13.2 Å². The average Bonchev–Trinajstić information content (AvgIpc) is 2.47. The Kier molecular flexibility index (Phi) is 7.63. The smallest absolute Gasteiger partial charge is 0.407 e. The highest BCUT2D eigenvalue weighted by atomic mass is 35.5. The predicted molar refractivity (Wildman–Crippen MR) is 94.1 cm³/mol. The van der Waals surface area contributed by atoms with Crippen LogP contribution in [0.4, 0.5) is 4.79 Å². The highest BCUT2D eigenvalue weighted by molar-refractivity contribution is 6.38. The molecule has 3 N–H and O–H groups in total. The maximum atomic E-state index is 11.5. The Balaban J connectivity index is 2.44. The van der Waals surface area contributed by atoms with E-state index >= 15 is 0 Å². The van der Waals surface area contributed by atoms with Gasteiger partial charge in [-0.05, 0) is 39.7 Å². The number of hydrogen-bond donors (Lipinski definition) is 3. The maximum absolute atomic E-state index is 11.5. The van der Waals surface area contributed by atoms with E-state index in [1.165, 1.54) is 0 Å². The van der Waals surface area contributed by atoms with Crippen molar-refractivity contribution >= 4 is 35.3 Å². The third-order valence-corrected chi connectivity index (χ3v) is 3.50. The third-order valence-electron chi connectivity index (χ3n) is 2.87. The number of hydrogen-bond acceptors (Lipinski definition) is 5. The van der Waals surface area contributed by atoms with Gasteiger partial charge in [-0.2, -0.15) is 0 Å². The second-order valence-electron chi connectivity index (χ2n) is 6.19. The third kappa shape index (κ3) is 6.88. The van der Waals surface area contributed by atoms with Crippen LogP contribution in [0.3, 0.4) is 0 Å². The Bertz CT molecular complexity index is 642. The van der Waals surface area contributed by atoms with Crippen molar-refractivity contribution in [2.45, 2.75) is 39.2 Å². The predicted octanol–water partition coefficient (Wildman–Crippen LogP) is 4.08. The minimum atomic E-state index is -1.35. The minimum Gasteiger partial charge on any atom is -0.505 e. The molecule has 0 bridgehead atoms. The van der Waals surface area contributed by atoms with Crippen LogP contribution >= 0.6 is 23.2 Å². The zero-order chi connectivity index (χ0) is 19.2. The molecule has 1 rings (SSSR count). The first-order chi connectivity index (χ1) is 11.5. The number of aromatic carboxylic acids is 1. The van der Waals surface area contributed by atoms with Gasteiger partial charge in [0.2, 0.25) is 0 Å². The van der Waals surface area contributed by atoms with Crippen LogP contribution < -0.4 is 10.1 Å². The van der Waals surface area contributed by atoms with Crippen molar-refractivity contribution in [3.8, 4) is 11.5 Å². The van der Waals surface area contributed by atoms with Gasteiger partial charge in [0.25, 0.3) is 0 Å². The molecule has 140 valence electrons. The number of amides is 1. The van der Waals surface area contributed by atoms with E-state index in [1.54, 1.807) is 20.8 Å². The van der Waals surface area contributed by atoms with Crippen molar-refractivity contribution in [1.29, 1.82) is 0 Å². The lowest BCUT2D eigenvalue weighted by atomic mass is 10.2. The molecule has 7 nitrogen and oxygen atoms in total. The monoisotopic (exact) mass is 393 g/mol. The Morgan fingerprint density at radius 3 is 2.44 bits per heavy atom. The normalized spacial score (nSPS) is 11.1. The summed E-state index contributed by atoms with van der Waals surface area (Å²) in [5, 5.41) is 21.0. The molecule has 0 aliphatic carbocycles. The van der Waals surface area contributed by atoms with E-state index in [9.17, 15) is 14.7 Å². The van der Waals surface area contributed by atoms with Gasteiger partial charge in [0, 0.05) is 6.54 Å². The molecule has 0 atom stereocenters. The fraction of sp³-hybridized carbons (Fsp3) is 0.500. The second-order valence-corrected chi connectivity index (χ2v) is 6.97. The van der Waals surface area contributed by atoms with Crippen LogP contribution in [0.5, 0.6) is 11.5 Å². The number of alkyl carbamates (subject to hydrolysis) is 1. The van der Waals surface area contributed by atoms with Crippen molar-refractivity contribution < 1.29 is 29.3 Å². The van der Waals surface area contributed by atoms with Gasteiger partial charge in [0.15, 0.2) is 11.5 Å². The number of carbonyl (C=O) groups excluding carboxylic acids is 1. The van der Waals surface area contributed by atoms with Crippen LogP contribution in [0.2, 0.25) is 10.0 Å². The molecule has 1 amide bonds. The van der Waals surface area contributed by atoms with Gasteiger partial charge < -0.3 is 25.0 Å². The number of aromatic hydroxyl groups is 1. The molecule has 0 radical (unpaired) electrons. The highest BCUT2D eigenvalue weighted by Crippen LogP contribution is 2.41. The Labute approximate surface area is 155 Å². The fourth-order valence-electron chi connectivity index (χ4n) is 1.79. The topological polar surface area (TPSA) is 105 Å². The van der Waals surface area contributed by atoms with Gasteiger partial charge >= 0.3 is 12.1 Å². The lowest BCUT2D eigenvalue weighted by molar-refractivity contribution is 0.0525. The summed E-state index contributed by atoms with van der Waals surface area (Å²) in [6.07, 6.45) is 0.700. The number of phenols is 1. The van der Waals surface area contributed by atoms with Crippen molar-refractivity contribution in [3.05, 3.63) is 21.7 Å². The molecule has 0 unspecified atom stereocenters. The van der Waals surface area contributed by atoms with E-state index in [4.69, 9.17) is 37.8 Å². The molecule has 9 heteroatoms. The van der Waals surface area contributed by atoms with Crippen LogP contribution in [0.25, 0.3) is 0 Å². The van der Waals surface area contributed by atoms with Crippen LogP contribution in [0.15, 0.2) is 6.07 Å². The molecular formula is C16H21Cl2NO6. The highest BCUT2D eigenvalue weighted by Gasteiger charge is 2.20. The standard InChI is InChI=1S/C16H21Cl2NO6/c1-16(2,3)25-15(23)19-6-4-5-7-24-13-10(17)8-9(14(21)22)12(20)11(13)18/h8,20H,4-7H2,1-3H3,(H,19,23)(H,21,22). The second kappa shape index (κ2) is 9.01. The summed E-state index contributed by atoms with van der Waals surface area (Å²) in [6.45, 7) is 5.96. The van der Waals surface area contributed by atoms with E-state index in [1.807, 2.05) is 0 Å². The quantitative estimate of drug-likeness (QED) is 0.602. The summed E-state index contributed by atoms with van der Waals surface area (Å²) in [4.78, 5) is 22.4. The Morgan fingerprint density at radius 2 is 1.88 bits per heavy atom. The summed E-state index contributed by atoms with van der Waals surface area (Å²) in [7, 11) is 0. The number of carboxylic acids is 1. The first kappa shape index (κ1) is 21.2. The van der Waals surface area contributed by atoms with Crippen LogP contribution in [0, 0.1) is 0 Å². The van der Waals surface area contributed by atoms with Gasteiger partial charge in [-0.1, -0.05) is 23.2 Å². The molecule has 25 heavy (non-hydrogen) atoms. The Morgan fingerprint density at radius 1 is 1.24 bits per heavy atom. The molecule has 0 fully saturated rings. The maximum Gasteiger partial charge on any atom is 0.407 e. The molecule has 1 aromatic rings. The van der Waals surface area contributed by atoms with Crippen LogP contribution in [-0.2, 0) is 4.74 Å². The van der Waals surface area contributed by atoms with E-state index in [2.05, 4.69) is 5.32 Å². The first-order valence-electron chi connectivity index (χ1n) is 7.57. The van der Waals surface area contributed by atoms with Crippen LogP contribution in [0.1, 0.15) is 44.0 Å². The lowest BCUT2D eigenvalue weighted by Crippen LogP contribution is -2.33. The van der Waals surface area contributed by atoms with Gasteiger partial charge in [0.1, 0.15) is 16.2 Å². The van der Waals surface area contributed by atoms with Gasteiger partial charge in [-0.15, -0.1) is 0 Å². The zero-order valence-electron chi connectivity index (χ0n) is 14.2. The largest absolute Gasteiger partial charge is 0.505 e. The lowest BCUT2D eigenvalue weighted by Gasteiger charge is -2.19. The molecule has 0 heterocycles. The molecular weight excluding hydrogens is 373 g/mol. The molecule has 0 aliphatic heterocycles. The van der Waals surface area contributed by atoms with E-state index in [0.717, 1.165) is 6.07 Å². The van der Waals surface area contributed by atoms with Crippen molar-refractivity contribution in [3.63, 3.8) is 0 Å². The molecule has 0 spiro atoms. The molecule has 0 aromatic heterocycles. The SMILES string of the molecule is CC(C)(C)OC(=O)NCCCCOc1c(Cl)cc(C(=O)O)c(O)c1Cl. The number of carbonyl (C=O) groups is 2. The van der Waals surface area contributed by atoms with Gasteiger partial charge in [-0.25, -0.2) is 9.59 Å². The fourth-order valence-corrected chi connectivity index (χ4v) is 2.36. The van der Waals surface area contributed by atoms with Gasteiger partial charge in [0.05, 0.1) is 11.6 Å².